The first-order valence-electron chi connectivity index (χ1n) is 7.93. The second-order valence-electron chi connectivity index (χ2n) is 5.74. The topological polar surface area (TPSA) is 38.8 Å². The zero-order valence-electron chi connectivity index (χ0n) is 13.8. The Balaban J connectivity index is 1.94. The smallest absolute Gasteiger partial charge is 0.255 e. The van der Waals surface area contributed by atoms with Crippen molar-refractivity contribution < 1.29 is 14.3 Å². The van der Waals surface area contributed by atoms with Crippen LogP contribution in [0.2, 0.25) is 0 Å². The molecule has 0 radical (unpaired) electrons. The van der Waals surface area contributed by atoms with Crippen molar-refractivity contribution in [3.8, 4) is 11.5 Å². The van der Waals surface area contributed by atoms with Crippen molar-refractivity contribution in [2.24, 2.45) is 0 Å². The van der Waals surface area contributed by atoms with Crippen LogP contribution < -0.4 is 9.47 Å². The van der Waals surface area contributed by atoms with Gasteiger partial charge in [-0.15, -0.1) is 0 Å². The molecular weight excluding hydrogens is 370 g/mol. The number of benzene rings is 2. The van der Waals surface area contributed by atoms with Gasteiger partial charge in [-0.1, -0.05) is 12.1 Å². The number of amides is 1. The molecule has 0 saturated carbocycles. The fourth-order valence-corrected chi connectivity index (χ4v) is 3.67. The molecule has 1 aliphatic heterocycles. The molecule has 0 unspecified atom stereocenters. The molecule has 2 aromatic rings. The van der Waals surface area contributed by atoms with Gasteiger partial charge in [0.05, 0.1) is 25.8 Å². The fourth-order valence-electron chi connectivity index (χ4n) is 3.22. The van der Waals surface area contributed by atoms with Gasteiger partial charge in [0.15, 0.2) is 0 Å². The summed E-state index contributed by atoms with van der Waals surface area (Å²) < 4.78 is 11.6. The first kappa shape index (κ1) is 16.8. The van der Waals surface area contributed by atoms with Crippen molar-refractivity contribution in [3.05, 3.63) is 58.1 Å². The molecule has 1 saturated heterocycles. The minimum Gasteiger partial charge on any atom is -0.497 e. The summed E-state index contributed by atoms with van der Waals surface area (Å²) in [4.78, 5) is 14.9. The van der Waals surface area contributed by atoms with Gasteiger partial charge in [0.2, 0.25) is 0 Å². The normalized spacial score (nSPS) is 17.0. The van der Waals surface area contributed by atoms with Crippen LogP contribution in [0.1, 0.15) is 34.8 Å². The van der Waals surface area contributed by atoms with E-state index in [2.05, 4.69) is 15.9 Å². The Labute approximate surface area is 150 Å². The molecule has 1 fully saturated rings. The maximum Gasteiger partial charge on any atom is 0.255 e. The number of carbonyl (C=O) groups excluding carboxylic acids is 1. The second kappa shape index (κ2) is 7.26. The highest BCUT2D eigenvalue weighted by atomic mass is 79.9. The van der Waals surface area contributed by atoms with Gasteiger partial charge < -0.3 is 14.4 Å². The molecule has 126 valence electrons. The lowest BCUT2D eigenvalue weighted by atomic mass is 10.0. The Hall–Kier alpha value is -2.01. The summed E-state index contributed by atoms with van der Waals surface area (Å²) in [6.07, 6.45) is 1.91. The molecule has 0 aromatic heterocycles. The van der Waals surface area contributed by atoms with Gasteiger partial charge >= 0.3 is 0 Å². The molecule has 0 bridgehead atoms. The van der Waals surface area contributed by atoms with Crippen molar-refractivity contribution in [3.63, 3.8) is 0 Å². The average Bonchev–Trinajstić information content (AvgIpc) is 3.10. The number of likely N-dealkylation sites (tertiary alicyclic amines) is 1. The summed E-state index contributed by atoms with van der Waals surface area (Å²) in [5.74, 6) is 1.55. The van der Waals surface area contributed by atoms with Gasteiger partial charge in [-0.3, -0.25) is 4.79 Å². The van der Waals surface area contributed by atoms with Crippen molar-refractivity contribution in [1.82, 2.24) is 4.90 Å². The standard InChI is InChI=1S/C19H20BrNO3/c1-23-13-9-10-15(18(12-13)24-2)17-8-5-11-21(17)19(22)14-6-3-4-7-16(14)20/h3-4,6-7,9-10,12,17H,5,8,11H2,1-2H3/t17-/m0/s1. The first-order valence-corrected chi connectivity index (χ1v) is 8.72. The van der Waals surface area contributed by atoms with Crippen molar-refractivity contribution >= 4 is 21.8 Å². The Bertz CT molecular complexity index is 747. The Morgan fingerprint density at radius 3 is 2.67 bits per heavy atom. The summed E-state index contributed by atoms with van der Waals surface area (Å²) >= 11 is 3.48. The van der Waals surface area contributed by atoms with E-state index in [1.165, 1.54) is 0 Å². The first-order chi connectivity index (χ1) is 11.7. The lowest BCUT2D eigenvalue weighted by Crippen LogP contribution is -2.31. The molecule has 0 spiro atoms. The summed E-state index contributed by atoms with van der Waals surface area (Å²) in [6.45, 7) is 0.750. The number of nitrogens with zero attached hydrogens (tertiary/aromatic N) is 1. The maximum atomic E-state index is 13.0. The molecule has 1 atom stereocenters. The van der Waals surface area contributed by atoms with Crippen LogP contribution >= 0.6 is 15.9 Å². The lowest BCUT2D eigenvalue weighted by molar-refractivity contribution is 0.0733. The van der Waals surface area contributed by atoms with Gasteiger partial charge in [-0.25, -0.2) is 0 Å². The SMILES string of the molecule is COc1ccc([C@@H]2CCCN2C(=O)c2ccccc2Br)c(OC)c1. The molecule has 1 amide bonds. The average molecular weight is 390 g/mol. The highest BCUT2D eigenvalue weighted by Crippen LogP contribution is 2.39. The fraction of sp³-hybridized carbons (Fsp3) is 0.316. The van der Waals surface area contributed by atoms with Crippen LogP contribution in [0, 0.1) is 0 Å². The number of hydrogen-bond donors (Lipinski definition) is 0. The molecule has 4 nitrogen and oxygen atoms in total. The largest absolute Gasteiger partial charge is 0.497 e. The monoisotopic (exact) mass is 389 g/mol. The molecular formula is C19H20BrNO3. The molecule has 3 rings (SSSR count). The van der Waals surface area contributed by atoms with E-state index in [9.17, 15) is 4.79 Å². The van der Waals surface area contributed by atoms with Crippen LogP contribution in [0.15, 0.2) is 46.9 Å². The summed E-state index contributed by atoms with van der Waals surface area (Å²) in [7, 11) is 3.28. The van der Waals surface area contributed by atoms with E-state index >= 15 is 0 Å². The highest BCUT2D eigenvalue weighted by molar-refractivity contribution is 9.10. The van der Waals surface area contributed by atoms with Gasteiger partial charge in [-0.05, 0) is 53.0 Å². The predicted octanol–water partition coefficient (Wildman–Crippen LogP) is 4.44. The van der Waals surface area contributed by atoms with Gasteiger partial charge in [-0.2, -0.15) is 0 Å². The van der Waals surface area contributed by atoms with Crippen molar-refractivity contribution in [2.75, 3.05) is 20.8 Å². The van der Waals surface area contributed by atoms with Crippen molar-refractivity contribution in [2.45, 2.75) is 18.9 Å². The Kier molecular flexibility index (Phi) is 5.09. The van der Waals surface area contributed by atoms with Gasteiger partial charge in [0.1, 0.15) is 11.5 Å². The molecule has 0 aliphatic carbocycles. The predicted molar refractivity (Wildman–Crippen MR) is 96.7 cm³/mol. The van der Waals surface area contributed by atoms with E-state index in [4.69, 9.17) is 9.47 Å². The van der Waals surface area contributed by atoms with Crippen LogP contribution in [0.4, 0.5) is 0 Å². The minimum atomic E-state index is 0.0189. The van der Waals surface area contributed by atoms with Crippen molar-refractivity contribution in [1.29, 1.82) is 0 Å². The third-order valence-electron chi connectivity index (χ3n) is 4.42. The van der Waals surface area contributed by atoms with E-state index in [1.54, 1.807) is 14.2 Å². The van der Waals surface area contributed by atoms with E-state index in [0.717, 1.165) is 40.9 Å². The third-order valence-corrected chi connectivity index (χ3v) is 5.11. The molecule has 1 aliphatic rings. The number of carbonyl (C=O) groups is 1. The zero-order chi connectivity index (χ0) is 17.1. The van der Waals surface area contributed by atoms with Gasteiger partial charge in [0.25, 0.3) is 5.91 Å². The maximum absolute atomic E-state index is 13.0. The van der Waals surface area contributed by atoms with E-state index < -0.39 is 0 Å². The van der Waals surface area contributed by atoms with Crippen LogP contribution in [0.3, 0.4) is 0 Å². The Morgan fingerprint density at radius 1 is 1.17 bits per heavy atom. The van der Waals surface area contributed by atoms with E-state index in [-0.39, 0.29) is 11.9 Å². The number of ether oxygens (including phenoxy) is 2. The van der Waals surface area contributed by atoms with Crippen LogP contribution in [0.5, 0.6) is 11.5 Å². The van der Waals surface area contributed by atoms with Gasteiger partial charge in [0, 0.05) is 22.6 Å². The molecule has 5 heteroatoms. The van der Waals surface area contributed by atoms with Crippen LogP contribution in [-0.4, -0.2) is 31.6 Å². The molecule has 2 aromatic carbocycles. The lowest BCUT2D eigenvalue weighted by Gasteiger charge is -2.27. The van der Waals surface area contributed by atoms with E-state index in [1.807, 2.05) is 47.4 Å². The Morgan fingerprint density at radius 2 is 1.96 bits per heavy atom. The summed E-state index contributed by atoms with van der Waals surface area (Å²) in [6, 6.07) is 13.3. The molecule has 1 heterocycles. The number of methoxy groups -OCH3 is 2. The number of hydrogen-bond acceptors (Lipinski definition) is 3. The van der Waals surface area contributed by atoms with E-state index in [0.29, 0.717) is 5.56 Å². The van der Waals surface area contributed by atoms with Crippen LogP contribution in [-0.2, 0) is 0 Å². The quantitative estimate of drug-likeness (QED) is 0.775. The summed E-state index contributed by atoms with van der Waals surface area (Å²) in [5.41, 5.74) is 1.72. The summed E-state index contributed by atoms with van der Waals surface area (Å²) in [5, 5.41) is 0. The van der Waals surface area contributed by atoms with Crippen LogP contribution in [0.25, 0.3) is 0 Å². The zero-order valence-corrected chi connectivity index (χ0v) is 15.4. The highest BCUT2D eigenvalue weighted by Gasteiger charge is 2.33. The second-order valence-corrected chi connectivity index (χ2v) is 6.60. The third kappa shape index (κ3) is 3.13. The molecule has 24 heavy (non-hydrogen) atoms. The number of rotatable bonds is 4. The molecule has 0 N–H and O–H groups in total. The minimum absolute atomic E-state index is 0.0189. The number of halogens is 1.